The van der Waals surface area contributed by atoms with E-state index >= 15 is 0 Å². The van der Waals surface area contributed by atoms with E-state index < -0.39 is 0 Å². The van der Waals surface area contributed by atoms with E-state index in [0.29, 0.717) is 19.4 Å². The third kappa shape index (κ3) is 3.90. The quantitative estimate of drug-likeness (QED) is 0.879. The van der Waals surface area contributed by atoms with Crippen LogP contribution in [0.3, 0.4) is 0 Å². The molecule has 6 heteroatoms. The highest BCUT2D eigenvalue weighted by Gasteiger charge is 2.23. The highest BCUT2D eigenvalue weighted by Crippen LogP contribution is 2.23. The molecule has 1 aliphatic rings. The molecule has 2 amide bonds. The van der Waals surface area contributed by atoms with Crippen molar-refractivity contribution in [3.05, 3.63) is 42.1 Å². The average Bonchev–Trinajstić information content (AvgIpc) is 3.28. The summed E-state index contributed by atoms with van der Waals surface area (Å²) >= 11 is 0. The van der Waals surface area contributed by atoms with Gasteiger partial charge in [0.05, 0.1) is 17.4 Å². The second-order valence-electron chi connectivity index (χ2n) is 6.49. The molecule has 6 nitrogen and oxygen atoms in total. The van der Waals surface area contributed by atoms with E-state index in [1.54, 1.807) is 16.8 Å². The summed E-state index contributed by atoms with van der Waals surface area (Å²) in [5.74, 6) is 0.188. The standard InChI is InChI=1S/C19H24N4O2/c1-14(16-13-17(21-20-16)15-7-4-3-5-8-15)22(2)18(24)10-12-23-11-6-9-19(23)25/h3-5,7-8,13-14H,6,9-12H2,1-2H3,(H,20,21). The number of rotatable bonds is 6. The van der Waals surface area contributed by atoms with Crippen molar-refractivity contribution in [1.82, 2.24) is 20.0 Å². The van der Waals surface area contributed by atoms with Crippen molar-refractivity contribution in [3.63, 3.8) is 0 Å². The van der Waals surface area contributed by atoms with Crippen molar-refractivity contribution >= 4 is 11.8 Å². The largest absolute Gasteiger partial charge is 0.342 e. The van der Waals surface area contributed by atoms with E-state index in [1.165, 1.54) is 0 Å². The summed E-state index contributed by atoms with van der Waals surface area (Å²) in [6.07, 6.45) is 1.86. The zero-order valence-corrected chi connectivity index (χ0v) is 14.7. The lowest BCUT2D eigenvalue weighted by Crippen LogP contribution is -2.34. The van der Waals surface area contributed by atoms with Crippen LogP contribution in [-0.4, -0.2) is 51.9 Å². The molecule has 132 valence electrons. The van der Waals surface area contributed by atoms with Gasteiger partial charge >= 0.3 is 0 Å². The number of hydrogen-bond donors (Lipinski definition) is 1. The summed E-state index contributed by atoms with van der Waals surface area (Å²) in [6.45, 7) is 3.25. The molecule has 3 rings (SSSR count). The zero-order chi connectivity index (χ0) is 17.8. The Morgan fingerprint density at radius 3 is 2.80 bits per heavy atom. The number of amides is 2. The maximum Gasteiger partial charge on any atom is 0.224 e. The minimum Gasteiger partial charge on any atom is -0.342 e. The maximum atomic E-state index is 12.5. The van der Waals surface area contributed by atoms with Gasteiger partial charge in [0.2, 0.25) is 11.8 Å². The summed E-state index contributed by atoms with van der Waals surface area (Å²) in [7, 11) is 1.79. The van der Waals surface area contributed by atoms with Crippen molar-refractivity contribution in [2.75, 3.05) is 20.1 Å². The lowest BCUT2D eigenvalue weighted by atomic mass is 10.1. The van der Waals surface area contributed by atoms with Gasteiger partial charge in [0.15, 0.2) is 0 Å². The van der Waals surface area contributed by atoms with E-state index in [2.05, 4.69) is 10.2 Å². The molecule has 1 fully saturated rings. The van der Waals surface area contributed by atoms with Crippen molar-refractivity contribution in [3.8, 4) is 11.3 Å². The Balaban J connectivity index is 1.60. The van der Waals surface area contributed by atoms with E-state index in [9.17, 15) is 9.59 Å². The van der Waals surface area contributed by atoms with Crippen molar-refractivity contribution in [2.45, 2.75) is 32.2 Å². The second-order valence-corrected chi connectivity index (χ2v) is 6.49. The number of hydrogen-bond acceptors (Lipinski definition) is 3. The summed E-state index contributed by atoms with van der Waals surface area (Å²) in [6, 6.07) is 11.8. The monoisotopic (exact) mass is 340 g/mol. The number of aromatic amines is 1. The Hall–Kier alpha value is -2.63. The van der Waals surface area contributed by atoms with Gasteiger partial charge in [0, 0.05) is 38.5 Å². The van der Waals surface area contributed by atoms with Crippen LogP contribution in [0.15, 0.2) is 36.4 Å². The third-order valence-electron chi connectivity index (χ3n) is 4.86. The molecule has 1 aromatic carbocycles. The van der Waals surface area contributed by atoms with Crippen LogP contribution in [0.4, 0.5) is 0 Å². The second kappa shape index (κ2) is 7.51. The van der Waals surface area contributed by atoms with Crippen LogP contribution in [0.1, 0.15) is 37.9 Å². The smallest absolute Gasteiger partial charge is 0.224 e. The first-order valence-electron chi connectivity index (χ1n) is 8.70. The maximum absolute atomic E-state index is 12.5. The lowest BCUT2D eigenvalue weighted by molar-refractivity contribution is -0.133. The molecule has 1 aliphatic heterocycles. The van der Waals surface area contributed by atoms with Gasteiger partial charge in [-0.25, -0.2) is 0 Å². The molecule has 1 aromatic heterocycles. The van der Waals surface area contributed by atoms with Gasteiger partial charge in [-0.15, -0.1) is 0 Å². The number of likely N-dealkylation sites (tertiary alicyclic amines) is 1. The number of carbonyl (C=O) groups is 2. The van der Waals surface area contributed by atoms with Gasteiger partial charge in [-0.05, 0) is 19.4 Å². The fourth-order valence-corrected chi connectivity index (χ4v) is 3.08. The van der Waals surface area contributed by atoms with E-state index in [0.717, 1.165) is 29.9 Å². The van der Waals surface area contributed by atoms with Crippen LogP contribution in [0.2, 0.25) is 0 Å². The zero-order valence-electron chi connectivity index (χ0n) is 14.7. The molecule has 1 saturated heterocycles. The first-order valence-corrected chi connectivity index (χ1v) is 8.70. The molecular weight excluding hydrogens is 316 g/mol. The summed E-state index contributed by atoms with van der Waals surface area (Å²) < 4.78 is 0. The fourth-order valence-electron chi connectivity index (χ4n) is 3.08. The molecular formula is C19H24N4O2. The summed E-state index contributed by atoms with van der Waals surface area (Å²) in [5, 5.41) is 7.39. The molecule has 0 saturated carbocycles. The Morgan fingerprint density at radius 2 is 2.12 bits per heavy atom. The van der Waals surface area contributed by atoms with Gasteiger partial charge in [0.1, 0.15) is 0 Å². The topological polar surface area (TPSA) is 69.3 Å². The van der Waals surface area contributed by atoms with E-state index in [1.807, 2.05) is 43.3 Å². The molecule has 2 heterocycles. The van der Waals surface area contributed by atoms with Crippen LogP contribution in [0, 0.1) is 0 Å². The Bertz CT molecular complexity index is 741. The molecule has 1 N–H and O–H groups in total. The highest BCUT2D eigenvalue weighted by atomic mass is 16.2. The van der Waals surface area contributed by atoms with E-state index in [-0.39, 0.29) is 17.9 Å². The van der Waals surface area contributed by atoms with Crippen LogP contribution < -0.4 is 0 Å². The lowest BCUT2D eigenvalue weighted by Gasteiger charge is -2.25. The molecule has 0 aliphatic carbocycles. The first kappa shape index (κ1) is 17.2. The number of nitrogens with one attached hydrogen (secondary N) is 1. The average molecular weight is 340 g/mol. The number of benzene rings is 1. The predicted octanol–water partition coefficient (Wildman–Crippen LogP) is 2.61. The number of nitrogens with zero attached hydrogens (tertiary/aromatic N) is 3. The minimum absolute atomic E-state index is 0.0306. The van der Waals surface area contributed by atoms with Gasteiger partial charge in [-0.2, -0.15) is 5.10 Å². The van der Waals surface area contributed by atoms with Gasteiger partial charge in [0.25, 0.3) is 0 Å². The van der Waals surface area contributed by atoms with E-state index in [4.69, 9.17) is 0 Å². The molecule has 0 radical (unpaired) electrons. The molecule has 1 atom stereocenters. The van der Waals surface area contributed by atoms with Crippen LogP contribution >= 0.6 is 0 Å². The minimum atomic E-state index is -0.105. The molecule has 0 spiro atoms. The molecule has 25 heavy (non-hydrogen) atoms. The third-order valence-corrected chi connectivity index (χ3v) is 4.86. The summed E-state index contributed by atoms with van der Waals surface area (Å²) in [5.41, 5.74) is 2.80. The van der Waals surface area contributed by atoms with Gasteiger partial charge in [-0.1, -0.05) is 30.3 Å². The van der Waals surface area contributed by atoms with Crippen molar-refractivity contribution in [1.29, 1.82) is 0 Å². The van der Waals surface area contributed by atoms with Crippen LogP contribution in [0.25, 0.3) is 11.3 Å². The Kier molecular flexibility index (Phi) is 5.16. The predicted molar refractivity (Wildman–Crippen MR) is 95.6 cm³/mol. The van der Waals surface area contributed by atoms with Crippen LogP contribution in [0.5, 0.6) is 0 Å². The van der Waals surface area contributed by atoms with Crippen molar-refractivity contribution in [2.24, 2.45) is 0 Å². The van der Waals surface area contributed by atoms with Gasteiger partial charge in [-0.3, -0.25) is 14.7 Å². The Labute approximate surface area is 147 Å². The van der Waals surface area contributed by atoms with Crippen molar-refractivity contribution < 1.29 is 9.59 Å². The molecule has 2 aromatic rings. The number of H-pyrrole nitrogens is 1. The highest BCUT2D eigenvalue weighted by molar-refractivity contribution is 5.80. The summed E-state index contributed by atoms with van der Waals surface area (Å²) in [4.78, 5) is 27.6. The Morgan fingerprint density at radius 1 is 1.36 bits per heavy atom. The molecule has 1 unspecified atom stereocenters. The number of carbonyl (C=O) groups excluding carboxylic acids is 2. The van der Waals surface area contributed by atoms with Crippen LogP contribution in [-0.2, 0) is 9.59 Å². The number of aromatic nitrogens is 2. The SMILES string of the molecule is CC(c1cc(-c2ccccc2)n[nH]1)N(C)C(=O)CCN1CCCC1=O. The first-order chi connectivity index (χ1) is 12.1. The molecule has 0 bridgehead atoms. The fraction of sp³-hybridized carbons (Fsp3) is 0.421. The van der Waals surface area contributed by atoms with Gasteiger partial charge < -0.3 is 9.80 Å². The normalized spacial score (nSPS) is 15.4.